The van der Waals surface area contributed by atoms with Gasteiger partial charge < -0.3 is 5.11 Å². The smallest absolute Gasteiger partial charge is 0.345 e. The molecule has 1 saturated heterocycles. The van der Waals surface area contributed by atoms with Gasteiger partial charge in [-0.3, -0.25) is 4.90 Å². The molecule has 0 saturated carbocycles. The lowest BCUT2D eigenvalue weighted by atomic mass is 10.2. The number of aryl methyl sites for hydroxylation is 1. The number of nitrogens with zero attached hydrogens (tertiary/aromatic N) is 2. The quantitative estimate of drug-likeness (QED) is 0.890. The first-order chi connectivity index (χ1) is 9.27. The van der Waals surface area contributed by atoms with Crippen molar-refractivity contribution in [3.8, 4) is 0 Å². The number of sulfonamides is 1. The van der Waals surface area contributed by atoms with Crippen LogP contribution in [0.15, 0.2) is 6.07 Å². The highest BCUT2D eigenvalue weighted by atomic mass is 32.2. The fraction of sp³-hybridized carbons (Fsp3) is 0.583. The molecule has 1 N–H and O–H groups in total. The summed E-state index contributed by atoms with van der Waals surface area (Å²) in [6.45, 7) is 4.92. The summed E-state index contributed by atoms with van der Waals surface area (Å²) in [5, 5.41) is 8.98. The molecule has 0 aliphatic carbocycles. The Morgan fingerprint density at radius 3 is 2.40 bits per heavy atom. The van der Waals surface area contributed by atoms with Crippen molar-refractivity contribution in [2.45, 2.75) is 13.5 Å². The zero-order valence-corrected chi connectivity index (χ0v) is 13.1. The molecule has 0 amide bonds. The molecule has 1 aliphatic heterocycles. The third-order valence-electron chi connectivity index (χ3n) is 3.43. The summed E-state index contributed by atoms with van der Waals surface area (Å²) in [5.74, 6) is -0.897. The molecule has 20 heavy (non-hydrogen) atoms. The minimum absolute atomic E-state index is 0.354. The minimum Gasteiger partial charge on any atom is -0.477 e. The van der Waals surface area contributed by atoms with Crippen molar-refractivity contribution in [1.82, 2.24) is 9.21 Å². The molecule has 0 radical (unpaired) electrons. The van der Waals surface area contributed by atoms with Crippen LogP contribution in [0.1, 0.15) is 20.1 Å². The largest absolute Gasteiger partial charge is 0.477 e. The number of piperazine rings is 1. The van der Waals surface area contributed by atoms with Crippen molar-refractivity contribution >= 4 is 27.3 Å². The molecule has 0 aromatic carbocycles. The first-order valence-electron chi connectivity index (χ1n) is 6.27. The van der Waals surface area contributed by atoms with E-state index >= 15 is 0 Å². The summed E-state index contributed by atoms with van der Waals surface area (Å²) in [5.41, 5.74) is 1.01. The Morgan fingerprint density at radius 1 is 1.35 bits per heavy atom. The van der Waals surface area contributed by atoms with Crippen LogP contribution in [0.3, 0.4) is 0 Å². The van der Waals surface area contributed by atoms with Crippen LogP contribution >= 0.6 is 11.3 Å². The van der Waals surface area contributed by atoms with Crippen molar-refractivity contribution < 1.29 is 18.3 Å². The van der Waals surface area contributed by atoms with Gasteiger partial charge in [-0.25, -0.2) is 13.2 Å². The first-order valence-corrected chi connectivity index (χ1v) is 8.94. The molecular weight excluding hydrogens is 300 g/mol. The molecular formula is C12H18N2O4S2. The second-order valence-corrected chi connectivity index (χ2v) is 8.17. The maximum atomic E-state index is 11.4. The SMILES string of the molecule is Cc1sc(C(=O)O)cc1CN1CCN(S(C)(=O)=O)CC1. The number of hydrogen-bond donors (Lipinski definition) is 1. The van der Waals surface area contributed by atoms with Gasteiger partial charge in [0, 0.05) is 37.6 Å². The zero-order chi connectivity index (χ0) is 14.9. The fourth-order valence-corrected chi connectivity index (χ4v) is 3.94. The number of thiophene rings is 1. The van der Waals surface area contributed by atoms with Crippen LogP contribution in [0.5, 0.6) is 0 Å². The third kappa shape index (κ3) is 3.57. The highest BCUT2D eigenvalue weighted by Crippen LogP contribution is 2.23. The van der Waals surface area contributed by atoms with Crippen molar-refractivity contribution in [3.63, 3.8) is 0 Å². The van der Waals surface area contributed by atoms with Gasteiger partial charge in [-0.1, -0.05) is 0 Å². The van der Waals surface area contributed by atoms with Gasteiger partial charge in [-0.15, -0.1) is 11.3 Å². The maximum Gasteiger partial charge on any atom is 0.345 e. The van der Waals surface area contributed by atoms with Crippen LogP contribution < -0.4 is 0 Å². The van der Waals surface area contributed by atoms with Crippen LogP contribution in [0, 0.1) is 6.92 Å². The average molecular weight is 318 g/mol. The van der Waals surface area contributed by atoms with E-state index in [9.17, 15) is 13.2 Å². The van der Waals surface area contributed by atoms with Gasteiger partial charge in [0.05, 0.1) is 6.26 Å². The van der Waals surface area contributed by atoms with Gasteiger partial charge in [-0.05, 0) is 18.6 Å². The molecule has 0 spiro atoms. The molecule has 0 bridgehead atoms. The molecule has 0 atom stereocenters. The summed E-state index contributed by atoms with van der Waals surface area (Å²) < 4.78 is 24.3. The molecule has 112 valence electrons. The molecule has 1 aliphatic rings. The second kappa shape index (κ2) is 5.80. The van der Waals surface area contributed by atoms with E-state index in [1.807, 2.05) is 6.92 Å². The average Bonchev–Trinajstić information content (AvgIpc) is 2.71. The Kier molecular flexibility index (Phi) is 4.48. The Labute approximate surface area is 122 Å². The van der Waals surface area contributed by atoms with E-state index in [2.05, 4.69) is 4.90 Å². The molecule has 1 aromatic heterocycles. The van der Waals surface area contributed by atoms with Crippen LogP contribution in [-0.2, 0) is 16.6 Å². The minimum atomic E-state index is -3.11. The lowest BCUT2D eigenvalue weighted by Crippen LogP contribution is -2.47. The topological polar surface area (TPSA) is 77.9 Å². The monoisotopic (exact) mass is 318 g/mol. The summed E-state index contributed by atoms with van der Waals surface area (Å²) in [7, 11) is -3.11. The van der Waals surface area contributed by atoms with Gasteiger partial charge in [0.1, 0.15) is 4.88 Å². The van der Waals surface area contributed by atoms with Gasteiger partial charge in [0.2, 0.25) is 10.0 Å². The lowest BCUT2D eigenvalue weighted by Gasteiger charge is -2.33. The van der Waals surface area contributed by atoms with E-state index in [0.717, 1.165) is 10.4 Å². The Bertz CT molecular complexity index is 601. The lowest BCUT2D eigenvalue weighted by molar-refractivity contribution is 0.0702. The van der Waals surface area contributed by atoms with Gasteiger partial charge in [0.25, 0.3) is 0 Å². The highest BCUT2D eigenvalue weighted by molar-refractivity contribution is 7.88. The fourth-order valence-electron chi connectivity index (χ4n) is 2.24. The number of hydrogen-bond acceptors (Lipinski definition) is 5. The Hall–Kier alpha value is -0.960. The van der Waals surface area contributed by atoms with E-state index in [-0.39, 0.29) is 0 Å². The Balaban J connectivity index is 1.98. The predicted molar refractivity (Wildman–Crippen MR) is 77.7 cm³/mol. The molecule has 0 unspecified atom stereocenters. The van der Waals surface area contributed by atoms with Crippen LogP contribution in [0.25, 0.3) is 0 Å². The zero-order valence-electron chi connectivity index (χ0n) is 11.5. The van der Waals surface area contributed by atoms with E-state index < -0.39 is 16.0 Å². The Morgan fingerprint density at radius 2 is 1.95 bits per heavy atom. The summed E-state index contributed by atoms with van der Waals surface area (Å²) in [6.07, 6.45) is 1.23. The van der Waals surface area contributed by atoms with E-state index in [1.165, 1.54) is 21.9 Å². The van der Waals surface area contributed by atoms with Crippen molar-refractivity contribution in [3.05, 3.63) is 21.4 Å². The molecule has 1 aromatic rings. The van der Waals surface area contributed by atoms with Crippen LogP contribution in [-0.4, -0.2) is 61.1 Å². The number of carbonyl (C=O) groups is 1. The van der Waals surface area contributed by atoms with E-state index in [4.69, 9.17) is 5.11 Å². The summed E-state index contributed by atoms with van der Waals surface area (Å²) in [6, 6.07) is 1.71. The van der Waals surface area contributed by atoms with E-state index in [1.54, 1.807) is 6.07 Å². The second-order valence-electron chi connectivity index (χ2n) is 4.94. The van der Waals surface area contributed by atoms with Gasteiger partial charge >= 0.3 is 5.97 Å². The van der Waals surface area contributed by atoms with E-state index in [0.29, 0.717) is 37.6 Å². The first kappa shape index (κ1) is 15.4. The number of rotatable bonds is 4. The van der Waals surface area contributed by atoms with Gasteiger partial charge in [-0.2, -0.15) is 4.31 Å². The molecule has 1 fully saturated rings. The van der Waals surface area contributed by atoms with Gasteiger partial charge in [0.15, 0.2) is 0 Å². The molecule has 2 heterocycles. The van der Waals surface area contributed by atoms with Crippen LogP contribution in [0.2, 0.25) is 0 Å². The predicted octanol–water partition coefficient (Wildman–Crippen LogP) is 0.832. The normalized spacial score (nSPS) is 18.3. The number of aromatic carboxylic acids is 1. The maximum absolute atomic E-state index is 11.4. The highest BCUT2D eigenvalue weighted by Gasteiger charge is 2.24. The summed E-state index contributed by atoms with van der Waals surface area (Å²) in [4.78, 5) is 14.5. The van der Waals surface area contributed by atoms with Crippen LogP contribution in [0.4, 0.5) is 0 Å². The standard InChI is InChI=1S/C12H18N2O4S2/c1-9-10(7-11(19-9)12(15)16)8-13-3-5-14(6-4-13)20(2,17)18/h7H,3-6,8H2,1-2H3,(H,15,16). The molecule has 8 heteroatoms. The molecule has 2 rings (SSSR count). The van der Waals surface area contributed by atoms with Crippen molar-refractivity contribution in [2.75, 3.05) is 32.4 Å². The third-order valence-corrected chi connectivity index (χ3v) is 5.81. The summed E-state index contributed by atoms with van der Waals surface area (Å²) >= 11 is 1.28. The number of carboxylic acids is 1. The van der Waals surface area contributed by atoms with Crippen molar-refractivity contribution in [2.24, 2.45) is 0 Å². The van der Waals surface area contributed by atoms with Crippen molar-refractivity contribution in [1.29, 1.82) is 0 Å². The number of carboxylic acid groups (broad SMARTS) is 1. The molecule has 6 nitrogen and oxygen atoms in total.